The molecule has 0 aliphatic heterocycles. The number of nitriles is 1. The van der Waals surface area contributed by atoms with Gasteiger partial charge in [-0.05, 0) is 17.5 Å². The van der Waals surface area contributed by atoms with E-state index in [1.807, 2.05) is 48.5 Å². The molecule has 0 radical (unpaired) electrons. The van der Waals surface area contributed by atoms with Crippen LogP contribution in [-0.4, -0.2) is 17.7 Å². The van der Waals surface area contributed by atoms with Crippen molar-refractivity contribution in [1.82, 2.24) is 5.32 Å². The van der Waals surface area contributed by atoms with Crippen molar-refractivity contribution < 1.29 is 5.11 Å². The van der Waals surface area contributed by atoms with Crippen molar-refractivity contribution in [3.63, 3.8) is 0 Å². The average molecular weight is 280 g/mol. The summed E-state index contributed by atoms with van der Waals surface area (Å²) in [6.45, 7) is 0.581. The fourth-order valence-corrected chi connectivity index (χ4v) is 2.36. The summed E-state index contributed by atoms with van der Waals surface area (Å²) in [6.07, 6.45) is 0.569. The third-order valence-electron chi connectivity index (χ3n) is 3.46. The van der Waals surface area contributed by atoms with E-state index >= 15 is 0 Å². The minimum absolute atomic E-state index is 0.108. The van der Waals surface area contributed by atoms with Gasteiger partial charge in [-0.1, -0.05) is 60.7 Å². The van der Waals surface area contributed by atoms with Gasteiger partial charge in [0.2, 0.25) is 0 Å². The van der Waals surface area contributed by atoms with Crippen LogP contribution in [0.4, 0.5) is 0 Å². The van der Waals surface area contributed by atoms with Gasteiger partial charge in [0.1, 0.15) is 0 Å². The highest BCUT2D eigenvalue weighted by Gasteiger charge is 2.20. The zero-order chi connectivity index (χ0) is 14.9. The van der Waals surface area contributed by atoms with Crippen LogP contribution in [0.25, 0.3) is 0 Å². The number of nitrogens with one attached hydrogen (secondary N) is 1. The molecule has 2 N–H and O–H groups in total. The van der Waals surface area contributed by atoms with Gasteiger partial charge in [0.15, 0.2) is 0 Å². The largest absolute Gasteiger partial charge is 0.387 e. The Morgan fingerprint density at radius 2 is 1.62 bits per heavy atom. The van der Waals surface area contributed by atoms with E-state index in [0.717, 1.165) is 12.0 Å². The molecule has 21 heavy (non-hydrogen) atoms. The number of aliphatic hydroxyl groups excluding tert-OH is 1. The Balaban J connectivity index is 2.09. The van der Waals surface area contributed by atoms with Crippen molar-refractivity contribution in [2.75, 3.05) is 6.54 Å². The Morgan fingerprint density at radius 3 is 2.24 bits per heavy atom. The van der Waals surface area contributed by atoms with E-state index in [2.05, 4.69) is 23.5 Å². The number of nitrogens with zero attached hydrogens (tertiary/aromatic N) is 1. The van der Waals surface area contributed by atoms with Crippen LogP contribution < -0.4 is 5.32 Å². The number of benzene rings is 2. The molecule has 3 nitrogen and oxygen atoms in total. The van der Waals surface area contributed by atoms with Gasteiger partial charge in [-0.2, -0.15) is 5.26 Å². The summed E-state index contributed by atoms with van der Waals surface area (Å²) in [5.74, 6) is 0. The van der Waals surface area contributed by atoms with Crippen molar-refractivity contribution in [2.24, 2.45) is 0 Å². The molecule has 0 aliphatic rings. The lowest BCUT2D eigenvalue weighted by molar-refractivity contribution is 0.128. The highest BCUT2D eigenvalue weighted by molar-refractivity contribution is 5.22. The smallest absolute Gasteiger partial charge is 0.0946 e. The van der Waals surface area contributed by atoms with E-state index in [9.17, 15) is 5.11 Å². The molecule has 0 amide bonds. The number of aliphatic hydroxyl groups is 1. The second-order valence-corrected chi connectivity index (χ2v) is 5.01. The lowest BCUT2D eigenvalue weighted by Crippen LogP contribution is -2.37. The zero-order valence-corrected chi connectivity index (χ0v) is 11.9. The first-order chi connectivity index (χ1) is 10.3. The molecule has 2 aromatic carbocycles. The van der Waals surface area contributed by atoms with Gasteiger partial charge >= 0.3 is 0 Å². The quantitative estimate of drug-likeness (QED) is 0.767. The van der Waals surface area contributed by atoms with Crippen LogP contribution in [0.5, 0.6) is 0 Å². The SMILES string of the molecule is N#CCCNC(Cc1ccccc1)[C@H](O)c1ccccc1. The molecular weight excluding hydrogens is 260 g/mol. The fourth-order valence-electron chi connectivity index (χ4n) is 2.36. The number of hydrogen-bond acceptors (Lipinski definition) is 3. The normalized spacial score (nSPS) is 13.3. The Morgan fingerprint density at radius 1 is 1.00 bits per heavy atom. The van der Waals surface area contributed by atoms with E-state index in [4.69, 9.17) is 5.26 Å². The third-order valence-corrected chi connectivity index (χ3v) is 3.46. The van der Waals surface area contributed by atoms with Gasteiger partial charge in [0.25, 0.3) is 0 Å². The monoisotopic (exact) mass is 280 g/mol. The van der Waals surface area contributed by atoms with E-state index in [-0.39, 0.29) is 6.04 Å². The molecule has 0 saturated heterocycles. The van der Waals surface area contributed by atoms with Crippen molar-refractivity contribution >= 4 is 0 Å². The molecule has 0 saturated carbocycles. The molecule has 0 aliphatic carbocycles. The molecule has 2 rings (SSSR count). The summed E-state index contributed by atoms with van der Waals surface area (Å²) in [7, 11) is 0. The molecule has 3 heteroatoms. The Hall–Kier alpha value is -2.15. The number of hydrogen-bond donors (Lipinski definition) is 2. The molecule has 1 unspecified atom stereocenters. The highest BCUT2D eigenvalue weighted by atomic mass is 16.3. The maximum Gasteiger partial charge on any atom is 0.0946 e. The van der Waals surface area contributed by atoms with Crippen LogP contribution in [0.2, 0.25) is 0 Å². The standard InChI is InChI=1S/C18H20N2O/c19-12-7-13-20-17(14-15-8-3-1-4-9-15)18(21)16-10-5-2-6-11-16/h1-6,8-11,17-18,20-21H,7,13-14H2/t17?,18-/m1/s1. The van der Waals surface area contributed by atoms with E-state index in [0.29, 0.717) is 13.0 Å². The maximum atomic E-state index is 10.6. The van der Waals surface area contributed by atoms with Gasteiger partial charge in [-0.15, -0.1) is 0 Å². The van der Waals surface area contributed by atoms with Crippen LogP contribution in [0.15, 0.2) is 60.7 Å². The van der Waals surface area contributed by atoms with Crippen LogP contribution in [0.1, 0.15) is 23.7 Å². The summed E-state index contributed by atoms with van der Waals surface area (Å²) in [4.78, 5) is 0. The minimum atomic E-state index is -0.593. The molecular formula is C18H20N2O. The first-order valence-electron chi connectivity index (χ1n) is 7.18. The maximum absolute atomic E-state index is 10.6. The van der Waals surface area contributed by atoms with Gasteiger partial charge in [0.05, 0.1) is 12.2 Å². The van der Waals surface area contributed by atoms with Crippen molar-refractivity contribution in [1.29, 1.82) is 5.26 Å². The lowest BCUT2D eigenvalue weighted by atomic mass is 9.96. The Kier molecular flexibility index (Phi) is 5.96. The lowest BCUT2D eigenvalue weighted by Gasteiger charge is -2.24. The van der Waals surface area contributed by atoms with Crippen molar-refractivity contribution in [2.45, 2.75) is 25.0 Å². The van der Waals surface area contributed by atoms with Crippen LogP contribution in [0, 0.1) is 11.3 Å². The zero-order valence-electron chi connectivity index (χ0n) is 11.9. The number of rotatable bonds is 7. The van der Waals surface area contributed by atoms with Gasteiger partial charge in [0, 0.05) is 19.0 Å². The molecule has 0 bridgehead atoms. The van der Waals surface area contributed by atoms with E-state index < -0.39 is 6.10 Å². The van der Waals surface area contributed by atoms with E-state index in [1.54, 1.807) is 0 Å². The first kappa shape index (κ1) is 15.2. The minimum Gasteiger partial charge on any atom is -0.387 e. The summed E-state index contributed by atoms with van der Waals surface area (Å²) >= 11 is 0. The average Bonchev–Trinajstić information content (AvgIpc) is 2.55. The summed E-state index contributed by atoms with van der Waals surface area (Å²) in [6, 6.07) is 21.7. The van der Waals surface area contributed by atoms with Crippen molar-refractivity contribution in [3.05, 3.63) is 71.8 Å². The second-order valence-electron chi connectivity index (χ2n) is 5.01. The molecule has 0 fully saturated rings. The Labute approximate surface area is 125 Å². The molecule has 2 atom stereocenters. The summed E-state index contributed by atoms with van der Waals surface area (Å²) in [5.41, 5.74) is 2.06. The predicted octanol–water partition coefficient (Wildman–Crippen LogP) is 2.83. The van der Waals surface area contributed by atoms with Crippen LogP contribution in [0.3, 0.4) is 0 Å². The molecule has 2 aromatic rings. The van der Waals surface area contributed by atoms with Gasteiger partial charge in [-0.3, -0.25) is 0 Å². The predicted molar refractivity (Wildman–Crippen MR) is 83.6 cm³/mol. The molecule has 0 spiro atoms. The highest BCUT2D eigenvalue weighted by Crippen LogP contribution is 2.19. The molecule has 0 aromatic heterocycles. The van der Waals surface area contributed by atoms with Crippen LogP contribution in [-0.2, 0) is 6.42 Å². The van der Waals surface area contributed by atoms with E-state index in [1.165, 1.54) is 5.56 Å². The van der Waals surface area contributed by atoms with Crippen LogP contribution >= 0.6 is 0 Å². The second kappa shape index (κ2) is 8.21. The van der Waals surface area contributed by atoms with Crippen molar-refractivity contribution in [3.8, 4) is 6.07 Å². The first-order valence-corrected chi connectivity index (χ1v) is 7.18. The molecule has 108 valence electrons. The summed E-state index contributed by atoms with van der Waals surface area (Å²) in [5, 5.41) is 22.6. The molecule has 0 heterocycles. The Bertz CT molecular complexity index is 563. The van der Waals surface area contributed by atoms with Gasteiger partial charge < -0.3 is 10.4 Å². The topological polar surface area (TPSA) is 56.0 Å². The fraction of sp³-hybridized carbons (Fsp3) is 0.278. The summed E-state index contributed by atoms with van der Waals surface area (Å²) < 4.78 is 0. The van der Waals surface area contributed by atoms with Gasteiger partial charge in [-0.25, -0.2) is 0 Å². The third kappa shape index (κ3) is 4.71.